The Kier molecular flexibility index (Phi) is 3.92. The van der Waals surface area contributed by atoms with Gasteiger partial charge in [-0.1, -0.05) is 23.2 Å². The minimum Gasteiger partial charge on any atom is -0.504 e. The molecule has 0 aliphatic rings. The maximum Gasteiger partial charge on any atom is 0.162 e. The number of ether oxygens (including phenoxy) is 1. The second-order valence-electron chi connectivity index (χ2n) is 4.52. The summed E-state index contributed by atoms with van der Waals surface area (Å²) in [6.07, 6.45) is 1.43. The first-order chi connectivity index (χ1) is 10.6. The molecule has 0 fully saturated rings. The van der Waals surface area contributed by atoms with Gasteiger partial charge in [-0.25, -0.2) is 9.97 Å². The summed E-state index contributed by atoms with van der Waals surface area (Å²) in [6, 6.07) is 8.36. The van der Waals surface area contributed by atoms with Crippen molar-refractivity contribution in [3.8, 4) is 11.5 Å². The fraction of sp³-hybridized carbons (Fsp3) is 0.0667. The molecule has 0 aliphatic heterocycles. The third kappa shape index (κ3) is 2.73. The van der Waals surface area contributed by atoms with Crippen LogP contribution in [0.3, 0.4) is 0 Å². The van der Waals surface area contributed by atoms with Gasteiger partial charge in [0.1, 0.15) is 12.1 Å². The molecule has 1 aromatic heterocycles. The molecule has 0 saturated carbocycles. The number of rotatable bonds is 3. The van der Waals surface area contributed by atoms with E-state index in [2.05, 4.69) is 15.3 Å². The third-order valence-corrected chi connectivity index (χ3v) is 3.86. The minimum atomic E-state index is 0.0157. The Morgan fingerprint density at radius 2 is 1.91 bits per heavy atom. The lowest BCUT2D eigenvalue weighted by Crippen LogP contribution is -1.96. The summed E-state index contributed by atoms with van der Waals surface area (Å²) < 4.78 is 5.08. The molecule has 112 valence electrons. The molecule has 0 atom stereocenters. The summed E-state index contributed by atoms with van der Waals surface area (Å²) in [7, 11) is 1.48. The van der Waals surface area contributed by atoms with Gasteiger partial charge in [0.25, 0.3) is 0 Å². The van der Waals surface area contributed by atoms with Crippen LogP contribution >= 0.6 is 23.2 Å². The van der Waals surface area contributed by atoms with Gasteiger partial charge in [0.2, 0.25) is 0 Å². The molecule has 2 N–H and O–H groups in total. The molecule has 0 unspecified atom stereocenters. The number of fused-ring (bicyclic) bond motifs is 1. The highest BCUT2D eigenvalue weighted by Gasteiger charge is 2.10. The van der Waals surface area contributed by atoms with Gasteiger partial charge < -0.3 is 15.2 Å². The van der Waals surface area contributed by atoms with Gasteiger partial charge in [-0.05, 0) is 24.3 Å². The molecule has 5 nitrogen and oxygen atoms in total. The van der Waals surface area contributed by atoms with Crippen LogP contribution in [0.2, 0.25) is 10.0 Å². The zero-order valence-electron chi connectivity index (χ0n) is 11.5. The normalized spacial score (nSPS) is 10.7. The van der Waals surface area contributed by atoms with E-state index in [4.69, 9.17) is 27.9 Å². The molecular weight excluding hydrogens is 325 g/mol. The Bertz CT molecular complexity index is 856. The maximum absolute atomic E-state index is 9.93. The maximum atomic E-state index is 9.93. The fourth-order valence-corrected chi connectivity index (χ4v) is 2.34. The molecule has 22 heavy (non-hydrogen) atoms. The lowest BCUT2D eigenvalue weighted by Gasteiger charge is -2.11. The zero-order valence-corrected chi connectivity index (χ0v) is 13.0. The number of aromatic hydroxyl groups is 1. The van der Waals surface area contributed by atoms with Crippen molar-refractivity contribution >= 4 is 45.6 Å². The number of halogens is 2. The molecule has 0 radical (unpaired) electrons. The van der Waals surface area contributed by atoms with Crippen molar-refractivity contribution in [2.24, 2.45) is 0 Å². The number of nitrogens with one attached hydrogen (secondary N) is 1. The summed E-state index contributed by atoms with van der Waals surface area (Å²) >= 11 is 11.9. The average Bonchev–Trinajstić information content (AvgIpc) is 2.51. The van der Waals surface area contributed by atoms with E-state index in [1.54, 1.807) is 30.3 Å². The molecule has 0 bridgehead atoms. The first kappa shape index (κ1) is 14.7. The predicted octanol–water partition coefficient (Wildman–Crippen LogP) is 4.39. The highest BCUT2D eigenvalue weighted by Crippen LogP contribution is 2.34. The number of hydrogen-bond acceptors (Lipinski definition) is 5. The van der Waals surface area contributed by atoms with Crippen LogP contribution in [0, 0.1) is 0 Å². The second kappa shape index (κ2) is 5.87. The van der Waals surface area contributed by atoms with Crippen LogP contribution in [-0.2, 0) is 0 Å². The van der Waals surface area contributed by atoms with Gasteiger partial charge in [-0.15, -0.1) is 0 Å². The van der Waals surface area contributed by atoms with E-state index in [1.165, 1.54) is 13.4 Å². The average molecular weight is 336 g/mol. The number of methoxy groups -OCH3 is 1. The zero-order chi connectivity index (χ0) is 15.7. The van der Waals surface area contributed by atoms with Crippen LogP contribution in [0.1, 0.15) is 0 Å². The van der Waals surface area contributed by atoms with Crippen LogP contribution in [0.15, 0.2) is 36.7 Å². The number of anilines is 2. The van der Waals surface area contributed by atoms with Gasteiger partial charge in [0.05, 0.1) is 22.7 Å². The lowest BCUT2D eigenvalue weighted by molar-refractivity contribution is 0.374. The monoisotopic (exact) mass is 335 g/mol. The molecule has 0 amide bonds. The number of benzene rings is 2. The summed E-state index contributed by atoms with van der Waals surface area (Å²) in [5.41, 5.74) is 1.37. The Hall–Kier alpha value is -2.24. The van der Waals surface area contributed by atoms with Gasteiger partial charge in [-0.2, -0.15) is 0 Å². The predicted molar refractivity (Wildman–Crippen MR) is 87.5 cm³/mol. The van der Waals surface area contributed by atoms with Gasteiger partial charge >= 0.3 is 0 Å². The van der Waals surface area contributed by atoms with Crippen LogP contribution in [0.4, 0.5) is 11.5 Å². The summed E-state index contributed by atoms with van der Waals surface area (Å²) in [6.45, 7) is 0. The van der Waals surface area contributed by atoms with E-state index < -0.39 is 0 Å². The Morgan fingerprint density at radius 1 is 1.09 bits per heavy atom. The van der Waals surface area contributed by atoms with Crippen molar-refractivity contribution in [1.82, 2.24) is 9.97 Å². The first-order valence-electron chi connectivity index (χ1n) is 6.32. The van der Waals surface area contributed by atoms with Gasteiger partial charge in [-0.3, -0.25) is 0 Å². The first-order valence-corrected chi connectivity index (χ1v) is 7.08. The number of nitrogens with zero attached hydrogens (tertiary/aromatic N) is 2. The molecule has 0 spiro atoms. The quantitative estimate of drug-likeness (QED) is 0.742. The molecule has 7 heteroatoms. The Morgan fingerprint density at radius 3 is 2.64 bits per heavy atom. The van der Waals surface area contributed by atoms with E-state index in [0.29, 0.717) is 32.5 Å². The summed E-state index contributed by atoms with van der Waals surface area (Å²) in [4.78, 5) is 8.38. The van der Waals surface area contributed by atoms with Crippen molar-refractivity contribution < 1.29 is 9.84 Å². The summed E-state index contributed by atoms with van der Waals surface area (Å²) in [5.74, 6) is 0.912. The number of aromatic nitrogens is 2. The van der Waals surface area contributed by atoms with Crippen molar-refractivity contribution in [3.05, 3.63) is 46.7 Å². The SMILES string of the molecule is COc1cc2ncnc(Nc3ccc(Cl)c(Cl)c3)c2cc1O. The van der Waals surface area contributed by atoms with E-state index in [1.807, 2.05) is 0 Å². The molecule has 2 aromatic carbocycles. The van der Waals surface area contributed by atoms with Crippen molar-refractivity contribution in [2.45, 2.75) is 0 Å². The van der Waals surface area contributed by atoms with E-state index in [0.717, 1.165) is 5.69 Å². The van der Waals surface area contributed by atoms with Crippen molar-refractivity contribution in [2.75, 3.05) is 12.4 Å². The Balaban J connectivity index is 2.06. The largest absolute Gasteiger partial charge is 0.504 e. The number of phenols is 1. The molecular formula is C15H11Cl2N3O2. The molecule has 1 heterocycles. The molecule has 3 rings (SSSR count). The lowest BCUT2D eigenvalue weighted by atomic mass is 10.2. The number of hydrogen-bond donors (Lipinski definition) is 2. The van der Waals surface area contributed by atoms with Crippen LogP contribution in [-0.4, -0.2) is 22.2 Å². The highest BCUT2D eigenvalue weighted by molar-refractivity contribution is 6.42. The van der Waals surface area contributed by atoms with Crippen molar-refractivity contribution in [1.29, 1.82) is 0 Å². The summed E-state index contributed by atoms with van der Waals surface area (Å²) in [5, 5.41) is 14.6. The topological polar surface area (TPSA) is 67.3 Å². The van der Waals surface area contributed by atoms with Crippen LogP contribution < -0.4 is 10.1 Å². The van der Waals surface area contributed by atoms with Crippen LogP contribution in [0.5, 0.6) is 11.5 Å². The molecule has 3 aromatic rings. The molecule has 0 saturated heterocycles. The molecule has 0 aliphatic carbocycles. The smallest absolute Gasteiger partial charge is 0.162 e. The fourth-order valence-electron chi connectivity index (χ4n) is 2.05. The second-order valence-corrected chi connectivity index (χ2v) is 5.33. The van der Waals surface area contributed by atoms with Gasteiger partial charge in [0, 0.05) is 17.1 Å². The van der Waals surface area contributed by atoms with E-state index >= 15 is 0 Å². The van der Waals surface area contributed by atoms with E-state index in [-0.39, 0.29) is 5.75 Å². The highest BCUT2D eigenvalue weighted by atomic mass is 35.5. The van der Waals surface area contributed by atoms with Gasteiger partial charge in [0.15, 0.2) is 11.5 Å². The number of phenolic OH excluding ortho intramolecular Hbond substituents is 1. The van der Waals surface area contributed by atoms with E-state index in [9.17, 15) is 5.11 Å². The standard InChI is InChI=1S/C15H11Cl2N3O2/c1-22-14-6-12-9(5-13(14)21)15(19-7-18-12)20-8-2-3-10(16)11(17)4-8/h2-7,21H,1H3,(H,18,19,20). The van der Waals surface area contributed by atoms with Crippen LogP contribution in [0.25, 0.3) is 10.9 Å². The third-order valence-electron chi connectivity index (χ3n) is 3.12. The minimum absolute atomic E-state index is 0.0157. The van der Waals surface area contributed by atoms with Crippen molar-refractivity contribution in [3.63, 3.8) is 0 Å². The Labute approximate surface area is 136 Å².